The Hall–Kier alpha value is -2.63. The number of hydrogen-bond donors (Lipinski definition) is 2. The number of carbonyl (C=O) groups is 2. The lowest BCUT2D eigenvalue weighted by Crippen LogP contribution is -2.38. The van der Waals surface area contributed by atoms with Crippen LogP contribution in [0.4, 0.5) is 4.39 Å². The van der Waals surface area contributed by atoms with Gasteiger partial charge in [0.05, 0.1) is 24.1 Å². The van der Waals surface area contributed by atoms with Crippen LogP contribution >= 0.6 is 0 Å². The Morgan fingerprint density at radius 1 is 1.26 bits per heavy atom. The van der Waals surface area contributed by atoms with E-state index in [9.17, 15) is 14.0 Å². The van der Waals surface area contributed by atoms with Crippen molar-refractivity contribution in [3.05, 3.63) is 59.8 Å². The summed E-state index contributed by atoms with van der Waals surface area (Å²) in [6, 6.07) is 8.39. The molecule has 1 aliphatic carbocycles. The third-order valence-corrected chi connectivity index (χ3v) is 4.15. The van der Waals surface area contributed by atoms with E-state index < -0.39 is 17.4 Å². The summed E-state index contributed by atoms with van der Waals surface area (Å²) < 4.78 is 18.3. The maximum absolute atomic E-state index is 13.1. The van der Waals surface area contributed by atoms with Crippen LogP contribution in [0.1, 0.15) is 36.6 Å². The lowest BCUT2D eigenvalue weighted by molar-refractivity contribution is -0.138. The van der Waals surface area contributed by atoms with Gasteiger partial charge in [0.25, 0.3) is 0 Å². The first kappa shape index (κ1) is 15.3. The van der Waals surface area contributed by atoms with E-state index in [-0.39, 0.29) is 18.1 Å². The van der Waals surface area contributed by atoms with Gasteiger partial charge in [-0.25, -0.2) is 4.39 Å². The van der Waals surface area contributed by atoms with Crippen LogP contribution in [0.25, 0.3) is 0 Å². The first-order valence-electron chi connectivity index (χ1n) is 7.33. The van der Waals surface area contributed by atoms with E-state index in [4.69, 9.17) is 9.52 Å². The fourth-order valence-electron chi connectivity index (χ4n) is 2.72. The minimum atomic E-state index is -1.03. The molecule has 1 heterocycles. The minimum Gasteiger partial charge on any atom is -0.481 e. The van der Waals surface area contributed by atoms with Crippen molar-refractivity contribution in [3.8, 4) is 0 Å². The smallest absolute Gasteiger partial charge is 0.305 e. The summed E-state index contributed by atoms with van der Waals surface area (Å²) in [4.78, 5) is 23.7. The summed E-state index contributed by atoms with van der Waals surface area (Å²) in [7, 11) is 0. The summed E-state index contributed by atoms with van der Waals surface area (Å²) in [6.45, 7) is 0. The SMILES string of the molecule is O=C(O)CC(NC(=O)C1(c2ccc(F)cc2)CC1)c1ccco1. The molecule has 1 amide bonds. The number of nitrogens with one attached hydrogen (secondary N) is 1. The molecule has 0 spiro atoms. The Kier molecular flexibility index (Phi) is 3.90. The number of benzene rings is 1. The number of hydrogen-bond acceptors (Lipinski definition) is 3. The van der Waals surface area contributed by atoms with Crippen LogP contribution in [0.2, 0.25) is 0 Å². The second-order valence-corrected chi connectivity index (χ2v) is 5.73. The molecule has 0 bridgehead atoms. The van der Waals surface area contributed by atoms with E-state index in [1.165, 1.54) is 18.4 Å². The number of rotatable bonds is 6. The first-order valence-corrected chi connectivity index (χ1v) is 7.33. The van der Waals surface area contributed by atoms with E-state index in [0.29, 0.717) is 18.6 Å². The molecule has 1 saturated carbocycles. The van der Waals surface area contributed by atoms with Gasteiger partial charge in [-0.15, -0.1) is 0 Å². The summed E-state index contributed by atoms with van der Waals surface area (Å²) in [5.41, 5.74) is 0.0433. The van der Waals surface area contributed by atoms with Crippen LogP contribution < -0.4 is 5.32 Å². The molecule has 1 unspecified atom stereocenters. The van der Waals surface area contributed by atoms with Gasteiger partial charge < -0.3 is 14.8 Å². The monoisotopic (exact) mass is 317 g/mol. The number of carboxylic acid groups (broad SMARTS) is 1. The Bertz CT molecular complexity index is 705. The Balaban J connectivity index is 1.79. The highest BCUT2D eigenvalue weighted by Gasteiger charge is 2.51. The molecule has 1 aliphatic rings. The van der Waals surface area contributed by atoms with E-state index >= 15 is 0 Å². The number of aliphatic carboxylic acids is 1. The van der Waals surface area contributed by atoms with Crippen molar-refractivity contribution in [2.45, 2.75) is 30.7 Å². The molecule has 0 aliphatic heterocycles. The number of furan rings is 1. The molecular weight excluding hydrogens is 301 g/mol. The quantitative estimate of drug-likeness (QED) is 0.858. The zero-order chi connectivity index (χ0) is 16.4. The van der Waals surface area contributed by atoms with E-state index in [2.05, 4.69) is 5.32 Å². The summed E-state index contributed by atoms with van der Waals surface area (Å²) >= 11 is 0. The number of carbonyl (C=O) groups excluding carboxylic acids is 1. The molecule has 1 fully saturated rings. The third-order valence-electron chi connectivity index (χ3n) is 4.15. The second-order valence-electron chi connectivity index (χ2n) is 5.73. The molecule has 2 aromatic rings. The predicted molar refractivity (Wildman–Crippen MR) is 79.2 cm³/mol. The number of carboxylic acids is 1. The zero-order valence-electron chi connectivity index (χ0n) is 12.3. The van der Waals surface area contributed by atoms with Crippen LogP contribution in [-0.2, 0) is 15.0 Å². The summed E-state index contributed by atoms with van der Waals surface area (Å²) in [5, 5.41) is 11.8. The predicted octanol–water partition coefficient (Wildman–Crippen LogP) is 2.78. The average Bonchev–Trinajstić information content (AvgIpc) is 3.14. The molecule has 23 heavy (non-hydrogen) atoms. The first-order chi connectivity index (χ1) is 11.0. The van der Waals surface area contributed by atoms with Gasteiger partial charge in [-0.05, 0) is 42.7 Å². The number of amides is 1. The molecule has 120 valence electrons. The molecule has 1 atom stereocenters. The van der Waals surface area contributed by atoms with Gasteiger partial charge in [0, 0.05) is 0 Å². The Morgan fingerprint density at radius 2 is 1.96 bits per heavy atom. The van der Waals surface area contributed by atoms with E-state index in [0.717, 1.165) is 5.56 Å². The maximum atomic E-state index is 13.1. The van der Waals surface area contributed by atoms with E-state index in [1.807, 2.05) is 0 Å². The van der Waals surface area contributed by atoms with Crippen LogP contribution in [0.3, 0.4) is 0 Å². The average molecular weight is 317 g/mol. The highest BCUT2D eigenvalue weighted by Crippen LogP contribution is 2.48. The van der Waals surface area contributed by atoms with Crippen LogP contribution in [-0.4, -0.2) is 17.0 Å². The molecule has 1 aromatic carbocycles. The molecule has 2 N–H and O–H groups in total. The van der Waals surface area contributed by atoms with Crippen molar-refractivity contribution in [1.82, 2.24) is 5.32 Å². The van der Waals surface area contributed by atoms with Gasteiger partial charge >= 0.3 is 5.97 Å². The number of halogens is 1. The van der Waals surface area contributed by atoms with Crippen molar-refractivity contribution in [3.63, 3.8) is 0 Å². The normalized spacial score (nSPS) is 16.6. The van der Waals surface area contributed by atoms with Crippen LogP contribution in [0, 0.1) is 5.82 Å². The minimum absolute atomic E-state index is 0.258. The highest BCUT2D eigenvalue weighted by molar-refractivity contribution is 5.91. The molecular formula is C17H16FNO4. The van der Waals surface area contributed by atoms with Crippen LogP contribution in [0.15, 0.2) is 47.1 Å². The molecule has 1 aromatic heterocycles. The van der Waals surface area contributed by atoms with Crippen molar-refractivity contribution in [1.29, 1.82) is 0 Å². The fraction of sp³-hybridized carbons (Fsp3) is 0.294. The van der Waals surface area contributed by atoms with Gasteiger partial charge in [-0.2, -0.15) is 0 Å². The Morgan fingerprint density at radius 3 is 2.48 bits per heavy atom. The molecule has 5 nitrogen and oxygen atoms in total. The summed E-state index contributed by atoms with van der Waals surface area (Å²) in [5.74, 6) is -1.25. The van der Waals surface area contributed by atoms with Gasteiger partial charge in [0.2, 0.25) is 5.91 Å². The topological polar surface area (TPSA) is 79.5 Å². The summed E-state index contributed by atoms with van der Waals surface area (Å²) in [6.07, 6.45) is 2.48. The van der Waals surface area contributed by atoms with E-state index in [1.54, 1.807) is 24.3 Å². The van der Waals surface area contributed by atoms with Crippen molar-refractivity contribution >= 4 is 11.9 Å². The maximum Gasteiger partial charge on any atom is 0.305 e. The van der Waals surface area contributed by atoms with Gasteiger partial charge in [0.15, 0.2) is 0 Å². The van der Waals surface area contributed by atoms with Crippen molar-refractivity contribution in [2.75, 3.05) is 0 Å². The standard InChI is InChI=1S/C17H16FNO4/c18-12-5-3-11(4-6-12)17(7-8-17)16(22)19-13(10-15(20)21)14-2-1-9-23-14/h1-6,9,13H,7-8,10H2,(H,19,22)(H,20,21). The fourth-order valence-corrected chi connectivity index (χ4v) is 2.72. The largest absolute Gasteiger partial charge is 0.481 e. The Labute approximate surface area is 132 Å². The van der Waals surface area contributed by atoms with Gasteiger partial charge in [-0.1, -0.05) is 12.1 Å². The third kappa shape index (κ3) is 3.11. The lowest BCUT2D eigenvalue weighted by atomic mass is 9.94. The van der Waals surface area contributed by atoms with Crippen molar-refractivity contribution < 1.29 is 23.5 Å². The molecule has 6 heteroatoms. The lowest BCUT2D eigenvalue weighted by Gasteiger charge is -2.20. The van der Waals surface area contributed by atoms with Crippen molar-refractivity contribution in [2.24, 2.45) is 0 Å². The molecule has 0 saturated heterocycles. The van der Waals surface area contributed by atoms with Gasteiger partial charge in [0.1, 0.15) is 11.6 Å². The van der Waals surface area contributed by atoms with Gasteiger partial charge in [-0.3, -0.25) is 9.59 Å². The second kappa shape index (κ2) is 5.87. The molecule has 3 rings (SSSR count). The van der Waals surface area contributed by atoms with Crippen LogP contribution in [0.5, 0.6) is 0 Å². The highest BCUT2D eigenvalue weighted by atomic mass is 19.1. The zero-order valence-corrected chi connectivity index (χ0v) is 12.3. The molecule has 0 radical (unpaired) electrons.